The Morgan fingerprint density at radius 3 is 2.62 bits per heavy atom. The van der Waals surface area contributed by atoms with E-state index < -0.39 is 17.7 Å². The van der Waals surface area contributed by atoms with Crippen molar-refractivity contribution in [1.29, 1.82) is 0 Å². The zero-order valence-corrected chi connectivity index (χ0v) is 20.4. The number of ether oxygens (including phenoxy) is 1. The third-order valence-corrected chi connectivity index (χ3v) is 4.76. The molecular formula is C21H32N10O3. The number of rotatable bonds is 8. The SMILES string of the molecule is CCn1c(-n2cc(CNC(=O)[C@H](CC(C)C)NC(=O)OC(C)(C)C)nn2)nc2c(N)ncnc21. The van der Waals surface area contributed by atoms with Crippen molar-refractivity contribution in [1.82, 2.24) is 45.1 Å². The number of hydrogen-bond acceptors (Lipinski definition) is 9. The van der Waals surface area contributed by atoms with Crippen LogP contribution in [0.25, 0.3) is 17.1 Å². The smallest absolute Gasteiger partial charge is 0.408 e. The number of carbonyl (C=O) groups excluding carboxylic acids is 2. The second-order valence-electron chi connectivity index (χ2n) is 9.29. The van der Waals surface area contributed by atoms with Gasteiger partial charge in [-0.3, -0.25) is 9.36 Å². The predicted octanol–water partition coefficient (Wildman–Crippen LogP) is 1.56. The number of nitrogen functional groups attached to an aromatic ring is 1. The number of hydrogen-bond donors (Lipinski definition) is 3. The molecule has 0 aliphatic rings. The van der Waals surface area contributed by atoms with Gasteiger partial charge in [-0.05, 0) is 40.0 Å². The van der Waals surface area contributed by atoms with E-state index in [1.807, 2.05) is 25.3 Å². The molecule has 0 unspecified atom stereocenters. The standard InChI is InChI=1S/C21H32N10O3/c1-7-30-17-15(16(22)24-11-25-17)27-19(30)31-10-13(28-29-31)9-23-18(32)14(8-12(2)3)26-20(33)34-21(4,5)6/h10-12,14H,7-9H2,1-6H3,(H,23,32)(H,26,33)(H2,22,24,25)/t14-/m0/s1. The van der Waals surface area contributed by atoms with Crippen LogP contribution >= 0.6 is 0 Å². The molecule has 0 aromatic carbocycles. The Hall–Kier alpha value is -3.77. The molecule has 0 radical (unpaired) electrons. The van der Waals surface area contributed by atoms with Crippen LogP contribution in [0.1, 0.15) is 53.7 Å². The summed E-state index contributed by atoms with van der Waals surface area (Å²) < 4.78 is 8.62. The Morgan fingerprint density at radius 2 is 1.97 bits per heavy atom. The lowest BCUT2D eigenvalue weighted by Crippen LogP contribution is -2.48. The molecule has 3 heterocycles. The second kappa shape index (κ2) is 10.0. The molecule has 13 heteroatoms. The van der Waals surface area contributed by atoms with Crippen LogP contribution in [0.5, 0.6) is 0 Å². The van der Waals surface area contributed by atoms with Gasteiger partial charge in [-0.1, -0.05) is 19.1 Å². The fourth-order valence-corrected chi connectivity index (χ4v) is 3.34. The van der Waals surface area contributed by atoms with E-state index in [0.29, 0.717) is 35.8 Å². The number of alkyl carbamates (subject to hydrolysis) is 1. The highest BCUT2D eigenvalue weighted by Crippen LogP contribution is 2.20. The number of aryl methyl sites for hydroxylation is 1. The van der Waals surface area contributed by atoms with Crippen molar-refractivity contribution >= 4 is 29.0 Å². The van der Waals surface area contributed by atoms with Crippen LogP contribution < -0.4 is 16.4 Å². The molecule has 0 saturated carbocycles. The van der Waals surface area contributed by atoms with Crippen molar-refractivity contribution in [2.24, 2.45) is 5.92 Å². The Labute approximate surface area is 197 Å². The van der Waals surface area contributed by atoms with Crippen LogP contribution in [0.2, 0.25) is 0 Å². The van der Waals surface area contributed by atoms with Gasteiger partial charge in [0.15, 0.2) is 17.0 Å². The molecular weight excluding hydrogens is 440 g/mol. The maximum atomic E-state index is 12.8. The fourth-order valence-electron chi connectivity index (χ4n) is 3.34. The fraction of sp³-hybridized carbons (Fsp3) is 0.571. The Morgan fingerprint density at radius 1 is 1.24 bits per heavy atom. The number of carbonyl (C=O) groups is 2. The number of nitrogens with zero attached hydrogens (tertiary/aromatic N) is 7. The molecule has 0 aliphatic heterocycles. The van der Waals surface area contributed by atoms with Crippen molar-refractivity contribution in [3.05, 3.63) is 18.2 Å². The number of imidazole rings is 1. The van der Waals surface area contributed by atoms with Crippen molar-refractivity contribution in [3.63, 3.8) is 0 Å². The number of fused-ring (bicyclic) bond motifs is 1. The second-order valence-corrected chi connectivity index (χ2v) is 9.29. The van der Waals surface area contributed by atoms with E-state index in [-0.39, 0.29) is 24.2 Å². The molecule has 3 aromatic rings. The summed E-state index contributed by atoms with van der Waals surface area (Å²) in [5, 5.41) is 13.7. The lowest BCUT2D eigenvalue weighted by molar-refractivity contribution is -0.123. The van der Waals surface area contributed by atoms with Crippen LogP contribution in [0.3, 0.4) is 0 Å². The highest BCUT2D eigenvalue weighted by atomic mass is 16.6. The molecule has 2 amide bonds. The summed E-state index contributed by atoms with van der Waals surface area (Å²) in [4.78, 5) is 37.7. The quantitative estimate of drug-likeness (QED) is 0.440. The summed E-state index contributed by atoms with van der Waals surface area (Å²) in [6, 6.07) is -0.740. The van der Waals surface area contributed by atoms with E-state index in [2.05, 4.69) is 35.9 Å². The topological polar surface area (TPSA) is 168 Å². The largest absolute Gasteiger partial charge is 0.444 e. The van der Waals surface area contributed by atoms with Gasteiger partial charge in [0, 0.05) is 6.54 Å². The predicted molar refractivity (Wildman–Crippen MR) is 125 cm³/mol. The van der Waals surface area contributed by atoms with Gasteiger partial charge in [0.1, 0.15) is 23.7 Å². The Bertz CT molecular complexity index is 1160. The van der Waals surface area contributed by atoms with E-state index in [1.54, 1.807) is 27.0 Å². The third-order valence-electron chi connectivity index (χ3n) is 4.76. The first kappa shape index (κ1) is 24.9. The van der Waals surface area contributed by atoms with Crippen LogP contribution in [0.15, 0.2) is 12.5 Å². The van der Waals surface area contributed by atoms with Crippen LogP contribution in [0, 0.1) is 5.92 Å². The van der Waals surface area contributed by atoms with Gasteiger partial charge in [0.2, 0.25) is 11.9 Å². The normalized spacial score (nSPS) is 12.7. The van der Waals surface area contributed by atoms with E-state index in [1.165, 1.54) is 11.0 Å². The minimum Gasteiger partial charge on any atom is -0.444 e. The van der Waals surface area contributed by atoms with E-state index in [9.17, 15) is 9.59 Å². The lowest BCUT2D eigenvalue weighted by Gasteiger charge is -2.24. The van der Waals surface area contributed by atoms with Crippen molar-refractivity contribution in [2.75, 3.05) is 5.73 Å². The average molecular weight is 473 g/mol. The average Bonchev–Trinajstić information content (AvgIpc) is 3.34. The monoisotopic (exact) mass is 472 g/mol. The van der Waals surface area contributed by atoms with Gasteiger partial charge < -0.3 is 21.1 Å². The maximum absolute atomic E-state index is 12.8. The number of amides is 2. The lowest BCUT2D eigenvalue weighted by atomic mass is 10.0. The number of nitrogens with two attached hydrogens (primary N) is 1. The van der Waals surface area contributed by atoms with E-state index in [4.69, 9.17) is 10.5 Å². The minimum atomic E-state index is -0.740. The molecule has 0 fully saturated rings. The third kappa shape index (κ3) is 5.97. The van der Waals surface area contributed by atoms with Gasteiger partial charge in [-0.15, -0.1) is 5.10 Å². The number of anilines is 1. The maximum Gasteiger partial charge on any atom is 0.408 e. The Balaban J connectivity index is 1.71. The molecule has 0 spiro atoms. The first-order valence-electron chi connectivity index (χ1n) is 11.1. The van der Waals surface area contributed by atoms with E-state index >= 15 is 0 Å². The van der Waals surface area contributed by atoms with Gasteiger partial charge in [0.05, 0.1) is 12.7 Å². The van der Waals surface area contributed by atoms with Crippen LogP contribution in [-0.2, 0) is 22.6 Å². The molecule has 0 bridgehead atoms. The summed E-state index contributed by atoms with van der Waals surface area (Å²) in [5.41, 5.74) is 6.86. The van der Waals surface area contributed by atoms with Crippen molar-refractivity contribution < 1.29 is 14.3 Å². The summed E-state index contributed by atoms with van der Waals surface area (Å²) in [6.45, 7) is 11.9. The van der Waals surface area contributed by atoms with Gasteiger partial charge >= 0.3 is 6.09 Å². The molecule has 3 rings (SSSR count). The summed E-state index contributed by atoms with van der Waals surface area (Å²) in [7, 11) is 0. The van der Waals surface area contributed by atoms with Crippen molar-refractivity contribution in [2.45, 2.75) is 72.7 Å². The van der Waals surface area contributed by atoms with Crippen LogP contribution in [-0.4, -0.2) is 58.2 Å². The first-order chi connectivity index (χ1) is 16.0. The molecule has 34 heavy (non-hydrogen) atoms. The van der Waals surface area contributed by atoms with Crippen molar-refractivity contribution in [3.8, 4) is 5.95 Å². The molecule has 1 atom stereocenters. The zero-order valence-electron chi connectivity index (χ0n) is 20.4. The number of nitrogens with one attached hydrogen (secondary N) is 2. The number of aromatic nitrogens is 7. The van der Waals surface area contributed by atoms with E-state index in [0.717, 1.165) is 0 Å². The van der Waals surface area contributed by atoms with Gasteiger partial charge in [0.25, 0.3) is 0 Å². The minimum absolute atomic E-state index is 0.123. The van der Waals surface area contributed by atoms with Gasteiger partial charge in [-0.25, -0.2) is 19.7 Å². The molecule has 13 nitrogen and oxygen atoms in total. The highest BCUT2D eigenvalue weighted by molar-refractivity contribution is 5.85. The first-order valence-corrected chi connectivity index (χ1v) is 11.1. The zero-order chi connectivity index (χ0) is 25.0. The molecule has 3 aromatic heterocycles. The molecule has 184 valence electrons. The van der Waals surface area contributed by atoms with Gasteiger partial charge in [-0.2, -0.15) is 4.68 Å². The van der Waals surface area contributed by atoms with Crippen LogP contribution in [0.4, 0.5) is 10.6 Å². The Kier molecular flexibility index (Phi) is 7.32. The molecule has 4 N–H and O–H groups in total. The summed E-state index contributed by atoms with van der Waals surface area (Å²) in [5.74, 6) is 0.612. The summed E-state index contributed by atoms with van der Waals surface area (Å²) >= 11 is 0. The molecule has 0 saturated heterocycles. The molecule has 0 aliphatic carbocycles. The summed E-state index contributed by atoms with van der Waals surface area (Å²) in [6.07, 6.45) is 2.87. The highest BCUT2D eigenvalue weighted by Gasteiger charge is 2.25.